The summed E-state index contributed by atoms with van der Waals surface area (Å²) in [4.78, 5) is 47.1. The van der Waals surface area contributed by atoms with E-state index in [9.17, 15) is 19.7 Å². The van der Waals surface area contributed by atoms with Crippen molar-refractivity contribution in [2.45, 2.75) is 18.1 Å². The first-order chi connectivity index (χ1) is 19.9. The van der Waals surface area contributed by atoms with E-state index in [0.29, 0.717) is 35.3 Å². The number of amidine groups is 1. The number of aromatic nitrogens is 1. The Kier molecular flexibility index (Phi) is 8.20. The minimum Gasteiger partial charge on any atom is -0.497 e. The maximum atomic E-state index is 13.6. The number of aliphatic imine (C=N–C) groups is 1. The van der Waals surface area contributed by atoms with Gasteiger partial charge >= 0.3 is 0 Å². The van der Waals surface area contributed by atoms with Crippen molar-refractivity contribution in [2.24, 2.45) is 4.99 Å². The molecule has 1 atom stereocenters. The van der Waals surface area contributed by atoms with Crippen LogP contribution in [0.5, 0.6) is 11.5 Å². The van der Waals surface area contributed by atoms with Gasteiger partial charge in [0.15, 0.2) is 5.17 Å². The molecule has 11 nitrogen and oxygen atoms in total. The van der Waals surface area contributed by atoms with E-state index in [1.807, 2.05) is 36.5 Å². The molecule has 1 saturated heterocycles. The zero-order valence-electron chi connectivity index (χ0n) is 22.3. The fourth-order valence-electron chi connectivity index (χ4n) is 4.56. The van der Waals surface area contributed by atoms with E-state index in [2.05, 4.69) is 10.3 Å². The van der Waals surface area contributed by atoms with Gasteiger partial charge in [0.05, 0.1) is 30.9 Å². The number of thioether (sulfide) groups is 1. The van der Waals surface area contributed by atoms with Crippen molar-refractivity contribution < 1.29 is 24.0 Å². The molecule has 0 radical (unpaired) electrons. The van der Waals surface area contributed by atoms with Gasteiger partial charge in [-0.1, -0.05) is 36.0 Å². The van der Waals surface area contributed by atoms with Gasteiger partial charge < -0.3 is 19.8 Å². The van der Waals surface area contributed by atoms with Gasteiger partial charge in [-0.25, -0.2) is 4.99 Å². The quantitative estimate of drug-likeness (QED) is 0.194. The maximum Gasteiger partial charge on any atom is 0.296 e. The zero-order chi connectivity index (χ0) is 28.9. The second-order valence-corrected chi connectivity index (χ2v) is 10.4. The van der Waals surface area contributed by atoms with E-state index in [4.69, 9.17) is 14.5 Å². The number of carbonyl (C=O) groups is 2. The first-order valence-electron chi connectivity index (χ1n) is 12.7. The summed E-state index contributed by atoms with van der Waals surface area (Å²) in [5.74, 6) is 0.142. The Balaban J connectivity index is 1.37. The van der Waals surface area contributed by atoms with Crippen molar-refractivity contribution >= 4 is 56.7 Å². The summed E-state index contributed by atoms with van der Waals surface area (Å²) >= 11 is 1.19. The van der Waals surface area contributed by atoms with E-state index in [-0.39, 0.29) is 23.7 Å². The van der Waals surface area contributed by atoms with Gasteiger partial charge in [0.25, 0.3) is 5.69 Å². The third-order valence-electron chi connectivity index (χ3n) is 6.62. The van der Waals surface area contributed by atoms with Crippen LogP contribution in [-0.4, -0.2) is 57.8 Å². The molecule has 1 aliphatic rings. The molecule has 41 heavy (non-hydrogen) atoms. The number of carbonyl (C=O) groups excluding carboxylic acids is 2. The highest BCUT2D eigenvalue weighted by Gasteiger charge is 2.39. The van der Waals surface area contributed by atoms with Crippen molar-refractivity contribution in [1.29, 1.82) is 0 Å². The van der Waals surface area contributed by atoms with Crippen molar-refractivity contribution in [3.8, 4) is 11.5 Å². The van der Waals surface area contributed by atoms with Gasteiger partial charge in [-0.2, -0.15) is 0 Å². The number of nitrogens with one attached hydrogen (secondary N) is 2. The Labute approximate surface area is 239 Å². The van der Waals surface area contributed by atoms with Gasteiger partial charge in [0.2, 0.25) is 11.8 Å². The molecular formula is C29H27N5O6S. The van der Waals surface area contributed by atoms with Crippen LogP contribution in [0.15, 0.2) is 77.9 Å². The lowest BCUT2D eigenvalue weighted by Gasteiger charge is -2.16. The number of ether oxygens (including phenoxy) is 2. The fraction of sp³-hybridized carbons (Fsp3) is 0.207. The number of fused-ring (bicyclic) bond motifs is 1. The minimum absolute atomic E-state index is 0.0257. The number of anilines is 1. The first-order valence-corrected chi connectivity index (χ1v) is 13.6. The second kappa shape index (κ2) is 12.1. The minimum atomic E-state index is -0.750. The highest BCUT2D eigenvalue weighted by Crippen LogP contribution is 2.34. The molecule has 2 amide bonds. The molecule has 2 N–H and O–H groups in total. The largest absolute Gasteiger partial charge is 0.497 e. The molecule has 4 aromatic rings. The van der Waals surface area contributed by atoms with Gasteiger partial charge in [-0.3, -0.25) is 24.6 Å². The zero-order valence-corrected chi connectivity index (χ0v) is 23.1. The molecule has 12 heteroatoms. The lowest BCUT2D eigenvalue weighted by atomic mass is 10.1. The molecule has 1 fully saturated rings. The Morgan fingerprint density at radius 2 is 1.88 bits per heavy atom. The number of methoxy groups -OCH3 is 2. The summed E-state index contributed by atoms with van der Waals surface area (Å²) in [5.41, 5.74) is 2.40. The van der Waals surface area contributed by atoms with Gasteiger partial charge in [-0.05, 0) is 42.3 Å². The second-order valence-electron chi connectivity index (χ2n) is 9.19. The molecule has 0 saturated carbocycles. The monoisotopic (exact) mass is 573 g/mol. The van der Waals surface area contributed by atoms with Gasteiger partial charge in [-0.15, -0.1) is 0 Å². The van der Waals surface area contributed by atoms with E-state index in [1.165, 1.54) is 37.1 Å². The van der Waals surface area contributed by atoms with Crippen molar-refractivity contribution in [2.75, 3.05) is 26.1 Å². The summed E-state index contributed by atoms with van der Waals surface area (Å²) in [7, 11) is 2.96. The van der Waals surface area contributed by atoms with Gasteiger partial charge in [0, 0.05) is 36.1 Å². The number of H-pyrrole nitrogens is 1. The molecule has 0 aliphatic carbocycles. The highest BCUT2D eigenvalue weighted by atomic mass is 32.2. The SMILES string of the molecule is COc1cccc(N=C2S[C@H](CC(=O)Nc3ccc(OC)cc3[N+](=O)[O-])C(=O)N2CCc2c[nH]c3ccccc23)c1. The highest BCUT2D eigenvalue weighted by molar-refractivity contribution is 8.15. The van der Waals surface area contributed by atoms with E-state index in [0.717, 1.165) is 16.5 Å². The smallest absolute Gasteiger partial charge is 0.296 e. The molecule has 0 spiro atoms. The first kappa shape index (κ1) is 27.7. The van der Waals surface area contributed by atoms with Crippen LogP contribution in [0, 0.1) is 10.1 Å². The van der Waals surface area contributed by atoms with Crippen LogP contribution in [0.25, 0.3) is 10.9 Å². The van der Waals surface area contributed by atoms with Crippen molar-refractivity contribution in [1.82, 2.24) is 9.88 Å². The molecule has 210 valence electrons. The Morgan fingerprint density at radius 1 is 1.10 bits per heavy atom. The van der Waals surface area contributed by atoms with Crippen molar-refractivity contribution in [3.05, 3.63) is 88.6 Å². The summed E-state index contributed by atoms with van der Waals surface area (Å²) < 4.78 is 10.4. The average molecular weight is 574 g/mol. The normalized spacial score (nSPS) is 15.9. The summed E-state index contributed by atoms with van der Waals surface area (Å²) in [6, 6.07) is 19.3. The third-order valence-corrected chi connectivity index (χ3v) is 7.80. The number of rotatable bonds is 10. The summed E-state index contributed by atoms with van der Waals surface area (Å²) in [6.07, 6.45) is 2.32. The lowest BCUT2D eigenvalue weighted by Crippen LogP contribution is -2.35. The van der Waals surface area contributed by atoms with Gasteiger partial charge in [0.1, 0.15) is 22.4 Å². The number of benzene rings is 3. The molecule has 2 heterocycles. The molecule has 0 bridgehead atoms. The van der Waals surface area contributed by atoms with E-state index in [1.54, 1.807) is 30.2 Å². The predicted octanol–water partition coefficient (Wildman–Crippen LogP) is 5.30. The van der Waals surface area contributed by atoms with Crippen LogP contribution in [0.4, 0.5) is 17.1 Å². The number of nitrogens with zero attached hydrogens (tertiary/aromatic N) is 3. The number of hydrogen-bond donors (Lipinski definition) is 2. The molecule has 0 unspecified atom stereocenters. The Bertz CT molecular complexity index is 1650. The number of amides is 2. The third kappa shape index (κ3) is 6.17. The van der Waals surface area contributed by atoms with Crippen LogP contribution in [0.2, 0.25) is 0 Å². The molecule has 3 aromatic carbocycles. The van der Waals surface area contributed by atoms with Crippen molar-refractivity contribution in [3.63, 3.8) is 0 Å². The molecule has 1 aromatic heterocycles. The number of nitro benzene ring substituents is 1. The van der Waals surface area contributed by atoms with Crippen LogP contribution in [-0.2, 0) is 16.0 Å². The van der Waals surface area contributed by atoms with Crippen LogP contribution in [0.3, 0.4) is 0 Å². The standard InChI is InChI=1S/C29H27N5O6S/c1-39-20-7-5-6-19(14-20)31-29-33(13-12-18-17-30-23-9-4-3-8-22(18)23)28(36)26(41-29)16-27(35)32-24-11-10-21(40-2)15-25(24)34(37)38/h3-11,14-15,17,26,30H,12-13,16H2,1-2H3,(H,32,35)/t26-/m1/s1. The van der Waals surface area contributed by atoms with Crippen LogP contribution in [0.1, 0.15) is 12.0 Å². The Morgan fingerprint density at radius 3 is 2.66 bits per heavy atom. The molecular weight excluding hydrogens is 546 g/mol. The number of hydrogen-bond acceptors (Lipinski definition) is 8. The van der Waals surface area contributed by atoms with E-state index >= 15 is 0 Å². The maximum absolute atomic E-state index is 13.6. The lowest BCUT2D eigenvalue weighted by molar-refractivity contribution is -0.384. The van der Waals surface area contributed by atoms with Crippen LogP contribution >= 0.6 is 11.8 Å². The Hall–Kier alpha value is -4.84. The number of aromatic amines is 1. The molecule has 5 rings (SSSR count). The summed E-state index contributed by atoms with van der Waals surface area (Å²) in [5, 5.41) is 14.9. The number of para-hydroxylation sites is 1. The van der Waals surface area contributed by atoms with Crippen LogP contribution < -0.4 is 14.8 Å². The predicted molar refractivity (Wildman–Crippen MR) is 158 cm³/mol. The van der Waals surface area contributed by atoms with E-state index < -0.39 is 16.1 Å². The summed E-state index contributed by atoms with van der Waals surface area (Å²) in [6.45, 7) is 0.360. The number of nitro groups is 1. The average Bonchev–Trinajstić information content (AvgIpc) is 3.52. The fourth-order valence-corrected chi connectivity index (χ4v) is 5.74. The molecule has 1 aliphatic heterocycles. The topological polar surface area (TPSA) is 139 Å².